The van der Waals surface area contributed by atoms with E-state index in [-0.39, 0.29) is 12.6 Å². The highest BCUT2D eigenvalue weighted by Crippen LogP contribution is 2.29. The lowest BCUT2D eigenvalue weighted by molar-refractivity contribution is 0.0601. The molecule has 3 rings (SSSR count). The second-order valence-electron chi connectivity index (χ2n) is 4.37. The second kappa shape index (κ2) is 4.40. The Morgan fingerprint density at radius 3 is 2.84 bits per heavy atom. The molecule has 0 aliphatic rings. The SMILES string of the molecule is COC(=O)c1ccc2c(c1)[nH]c1cccc(CO)c12. The molecule has 0 aliphatic carbocycles. The summed E-state index contributed by atoms with van der Waals surface area (Å²) in [6.45, 7) is -0.0109. The molecule has 0 amide bonds. The van der Waals surface area contributed by atoms with Gasteiger partial charge in [-0.15, -0.1) is 0 Å². The Hall–Kier alpha value is -2.33. The number of fused-ring (bicyclic) bond motifs is 3. The summed E-state index contributed by atoms with van der Waals surface area (Å²) in [4.78, 5) is 14.8. The molecule has 0 bridgehead atoms. The molecule has 0 saturated heterocycles. The van der Waals surface area contributed by atoms with Crippen LogP contribution >= 0.6 is 0 Å². The number of hydrogen-bond donors (Lipinski definition) is 2. The predicted octanol–water partition coefficient (Wildman–Crippen LogP) is 2.60. The van der Waals surface area contributed by atoms with E-state index in [1.54, 1.807) is 12.1 Å². The van der Waals surface area contributed by atoms with Crippen LogP contribution in [0.2, 0.25) is 0 Å². The van der Waals surface area contributed by atoms with Gasteiger partial charge >= 0.3 is 5.97 Å². The summed E-state index contributed by atoms with van der Waals surface area (Å²) >= 11 is 0. The van der Waals surface area contributed by atoms with Gasteiger partial charge in [0.2, 0.25) is 0 Å². The molecule has 1 aromatic heterocycles. The Morgan fingerprint density at radius 1 is 1.26 bits per heavy atom. The molecule has 0 fully saturated rings. The average molecular weight is 255 g/mol. The van der Waals surface area contributed by atoms with Crippen molar-refractivity contribution < 1.29 is 14.6 Å². The fraction of sp³-hybridized carbons (Fsp3) is 0.133. The van der Waals surface area contributed by atoms with Crippen LogP contribution in [-0.2, 0) is 11.3 Å². The molecule has 19 heavy (non-hydrogen) atoms. The highest BCUT2D eigenvalue weighted by molar-refractivity contribution is 6.10. The molecule has 0 unspecified atom stereocenters. The summed E-state index contributed by atoms with van der Waals surface area (Å²) in [7, 11) is 1.36. The Bertz CT molecular complexity index is 774. The number of carbonyl (C=O) groups is 1. The monoisotopic (exact) mass is 255 g/mol. The van der Waals surface area contributed by atoms with Gasteiger partial charge in [0.15, 0.2) is 0 Å². The van der Waals surface area contributed by atoms with Crippen LogP contribution in [0, 0.1) is 0 Å². The maximum Gasteiger partial charge on any atom is 0.337 e. The summed E-state index contributed by atoms with van der Waals surface area (Å²) in [5.74, 6) is -0.358. The van der Waals surface area contributed by atoms with Crippen LogP contribution in [0.4, 0.5) is 0 Å². The number of ether oxygens (including phenoxy) is 1. The van der Waals surface area contributed by atoms with Crippen molar-refractivity contribution in [1.82, 2.24) is 4.98 Å². The number of aromatic nitrogens is 1. The third kappa shape index (κ3) is 1.77. The van der Waals surface area contributed by atoms with Crippen LogP contribution in [0.3, 0.4) is 0 Å². The summed E-state index contributed by atoms with van der Waals surface area (Å²) in [6, 6.07) is 11.1. The van der Waals surface area contributed by atoms with Crippen molar-refractivity contribution in [3.63, 3.8) is 0 Å². The number of nitrogens with one attached hydrogen (secondary N) is 1. The van der Waals surface area contributed by atoms with Gasteiger partial charge in [-0.3, -0.25) is 0 Å². The van der Waals surface area contributed by atoms with E-state index in [4.69, 9.17) is 4.74 Å². The Balaban J connectivity index is 2.32. The summed E-state index contributed by atoms with van der Waals surface area (Å²) in [5, 5.41) is 11.4. The minimum atomic E-state index is -0.358. The summed E-state index contributed by atoms with van der Waals surface area (Å²) in [5.41, 5.74) is 3.18. The molecule has 0 spiro atoms. The highest BCUT2D eigenvalue weighted by atomic mass is 16.5. The average Bonchev–Trinajstić information content (AvgIpc) is 2.83. The molecule has 4 heteroatoms. The van der Waals surface area contributed by atoms with Gasteiger partial charge in [0.25, 0.3) is 0 Å². The lowest BCUT2D eigenvalue weighted by Gasteiger charge is -2.00. The topological polar surface area (TPSA) is 62.3 Å². The molecule has 96 valence electrons. The molecule has 0 radical (unpaired) electrons. The van der Waals surface area contributed by atoms with Gasteiger partial charge in [0.1, 0.15) is 0 Å². The van der Waals surface area contributed by atoms with E-state index in [1.807, 2.05) is 24.3 Å². The molecule has 3 aromatic rings. The molecule has 0 saturated carbocycles. The van der Waals surface area contributed by atoms with Gasteiger partial charge in [-0.25, -0.2) is 4.79 Å². The largest absolute Gasteiger partial charge is 0.465 e. The Kier molecular flexibility index (Phi) is 2.72. The number of aliphatic hydroxyl groups is 1. The zero-order valence-electron chi connectivity index (χ0n) is 10.4. The van der Waals surface area contributed by atoms with E-state index in [0.29, 0.717) is 5.56 Å². The number of methoxy groups -OCH3 is 1. The summed E-state index contributed by atoms with van der Waals surface area (Å²) in [6.07, 6.45) is 0. The van der Waals surface area contributed by atoms with Crippen LogP contribution in [0.25, 0.3) is 21.8 Å². The van der Waals surface area contributed by atoms with Gasteiger partial charge in [-0.1, -0.05) is 18.2 Å². The van der Waals surface area contributed by atoms with Crippen molar-refractivity contribution in [3.8, 4) is 0 Å². The van der Waals surface area contributed by atoms with E-state index in [9.17, 15) is 9.90 Å². The Labute approximate surface area is 109 Å². The van der Waals surface area contributed by atoms with Gasteiger partial charge < -0.3 is 14.8 Å². The molecule has 2 N–H and O–H groups in total. The number of aliphatic hydroxyl groups excluding tert-OH is 1. The zero-order chi connectivity index (χ0) is 13.4. The number of hydrogen-bond acceptors (Lipinski definition) is 3. The standard InChI is InChI=1S/C15H13NO3/c1-19-15(18)9-5-6-11-13(7-9)16-12-4-2-3-10(8-17)14(11)12/h2-7,16-17H,8H2,1H3. The van der Waals surface area contributed by atoms with Crippen LogP contribution in [0.1, 0.15) is 15.9 Å². The number of esters is 1. The van der Waals surface area contributed by atoms with Crippen LogP contribution in [0.15, 0.2) is 36.4 Å². The molecular formula is C15H13NO3. The van der Waals surface area contributed by atoms with E-state index in [0.717, 1.165) is 27.4 Å². The molecular weight excluding hydrogens is 242 g/mol. The zero-order valence-corrected chi connectivity index (χ0v) is 10.4. The van der Waals surface area contributed by atoms with Crippen molar-refractivity contribution in [1.29, 1.82) is 0 Å². The van der Waals surface area contributed by atoms with Gasteiger partial charge in [0.05, 0.1) is 19.3 Å². The maximum atomic E-state index is 11.5. The predicted molar refractivity (Wildman–Crippen MR) is 73.1 cm³/mol. The Morgan fingerprint density at radius 2 is 2.11 bits per heavy atom. The third-order valence-electron chi connectivity index (χ3n) is 3.30. The molecule has 0 atom stereocenters. The second-order valence-corrected chi connectivity index (χ2v) is 4.37. The first kappa shape index (κ1) is 11.7. The number of aromatic amines is 1. The van der Waals surface area contributed by atoms with Gasteiger partial charge in [-0.05, 0) is 23.8 Å². The minimum absolute atomic E-state index is 0.0109. The number of H-pyrrole nitrogens is 1. The number of carbonyl (C=O) groups excluding carboxylic acids is 1. The van der Waals surface area contributed by atoms with E-state index >= 15 is 0 Å². The summed E-state index contributed by atoms with van der Waals surface area (Å²) < 4.78 is 4.71. The lowest BCUT2D eigenvalue weighted by Crippen LogP contribution is -2.00. The normalized spacial score (nSPS) is 11.1. The third-order valence-corrected chi connectivity index (χ3v) is 3.30. The lowest BCUT2D eigenvalue weighted by atomic mass is 10.1. The van der Waals surface area contributed by atoms with E-state index in [1.165, 1.54) is 7.11 Å². The first-order valence-electron chi connectivity index (χ1n) is 5.97. The highest BCUT2D eigenvalue weighted by Gasteiger charge is 2.11. The van der Waals surface area contributed by atoms with Gasteiger partial charge in [-0.2, -0.15) is 0 Å². The molecule has 2 aromatic carbocycles. The van der Waals surface area contributed by atoms with E-state index in [2.05, 4.69) is 4.98 Å². The molecule has 1 heterocycles. The fourth-order valence-corrected chi connectivity index (χ4v) is 2.41. The van der Waals surface area contributed by atoms with Crippen LogP contribution in [0.5, 0.6) is 0 Å². The molecule has 4 nitrogen and oxygen atoms in total. The van der Waals surface area contributed by atoms with Crippen LogP contribution in [-0.4, -0.2) is 23.2 Å². The fourth-order valence-electron chi connectivity index (χ4n) is 2.41. The van der Waals surface area contributed by atoms with Crippen molar-refractivity contribution >= 4 is 27.8 Å². The van der Waals surface area contributed by atoms with E-state index < -0.39 is 0 Å². The van der Waals surface area contributed by atoms with Crippen LogP contribution < -0.4 is 0 Å². The number of benzene rings is 2. The van der Waals surface area contributed by atoms with Crippen molar-refractivity contribution in [3.05, 3.63) is 47.5 Å². The number of rotatable bonds is 2. The maximum absolute atomic E-state index is 11.5. The van der Waals surface area contributed by atoms with Crippen molar-refractivity contribution in [2.75, 3.05) is 7.11 Å². The smallest absolute Gasteiger partial charge is 0.337 e. The first-order chi connectivity index (χ1) is 9.24. The minimum Gasteiger partial charge on any atom is -0.465 e. The molecule has 0 aliphatic heterocycles. The van der Waals surface area contributed by atoms with Crippen molar-refractivity contribution in [2.45, 2.75) is 6.61 Å². The van der Waals surface area contributed by atoms with Gasteiger partial charge in [0, 0.05) is 21.8 Å². The first-order valence-corrected chi connectivity index (χ1v) is 5.97. The van der Waals surface area contributed by atoms with Crippen molar-refractivity contribution in [2.24, 2.45) is 0 Å². The quantitative estimate of drug-likeness (QED) is 0.692.